The van der Waals surface area contributed by atoms with Gasteiger partial charge in [-0.3, -0.25) is 15.2 Å². The van der Waals surface area contributed by atoms with E-state index in [0.29, 0.717) is 5.56 Å². The number of nitrogen functional groups attached to an aromatic ring is 1. The van der Waals surface area contributed by atoms with Crippen LogP contribution in [0, 0.1) is 11.2 Å². The van der Waals surface area contributed by atoms with Gasteiger partial charge in [0.15, 0.2) is 11.6 Å². The Morgan fingerprint density at radius 2 is 1.88 bits per heavy atom. The van der Waals surface area contributed by atoms with E-state index in [1.54, 1.807) is 30.3 Å². The molecule has 1 unspecified atom stereocenters. The number of carboxylic acids is 1. The highest BCUT2D eigenvalue weighted by atomic mass is 19.1. The second kappa shape index (κ2) is 13.6. The lowest BCUT2D eigenvalue weighted by Gasteiger charge is -2.19. The van der Waals surface area contributed by atoms with E-state index in [4.69, 9.17) is 30.5 Å². The minimum atomic E-state index is -0.833. The summed E-state index contributed by atoms with van der Waals surface area (Å²) >= 11 is 0. The van der Waals surface area contributed by atoms with Crippen LogP contribution in [0.2, 0.25) is 0 Å². The van der Waals surface area contributed by atoms with E-state index in [0.717, 1.165) is 17.2 Å². The Morgan fingerprint density at radius 1 is 1.23 bits per heavy atom. The number of hydrogen-bond donors (Lipinski definition) is 4. The number of aromatic amines is 1. The summed E-state index contributed by atoms with van der Waals surface area (Å²) < 4.78 is 39.9. The van der Waals surface area contributed by atoms with E-state index < -0.39 is 30.1 Å². The first kappa shape index (κ1) is 29.4. The van der Waals surface area contributed by atoms with Gasteiger partial charge in [0.1, 0.15) is 30.7 Å². The van der Waals surface area contributed by atoms with Crippen molar-refractivity contribution in [2.24, 2.45) is 5.73 Å². The fraction of sp³-hybridized carbons (Fsp3) is 0.231. The van der Waals surface area contributed by atoms with Gasteiger partial charge in [0.2, 0.25) is 0 Å². The summed E-state index contributed by atoms with van der Waals surface area (Å²) in [6, 6.07) is 11.2. The number of hydrogen-bond acceptors (Lipinski definition) is 8. The van der Waals surface area contributed by atoms with Crippen LogP contribution in [0.15, 0.2) is 59.7 Å². The SMILES string of the molecule is CC(=O)O.COc1cc(OCCF)cc(C(Cc2ccc(C(=N)N)cc2)c2nn(-c3ncccn3)c(=O)[nH]2)c1F. The quantitative estimate of drug-likeness (QED) is 0.169. The molecule has 0 spiro atoms. The van der Waals surface area contributed by atoms with Gasteiger partial charge in [-0.2, -0.15) is 0 Å². The van der Waals surface area contributed by atoms with Gasteiger partial charge in [0.05, 0.1) is 13.0 Å². The molecule has 4 aromatic rings. The van der Waals surface area contributed by atoms with Crippen molar-refractivity contribution in [1.82, 2.24) is 24.7 Å². The molecule has 0 aliphatic rings. The Morgan fingerprint density at radius 3 is 2.45 bits per heavy atom. The molecule has 2 aromatic carbocycles. The predicted octanol–water partition coefficient (Wildman–Crippen LogP) is 2.60. The van der Waals surface area contributed by atoms with Crippen LogP contribution in [-0.2, 0) is 11.2 Å². The van der Waals surface area contributed by atoms with Crippen molar-refractivity contribution < 1.29 is 28.2 Å². The molecule has 40 heavy (non-hydrogen) atoms. The third-order valence-electron chi connectivity index (χ3n) is 5.39. The highest BCUT2D eigenvalue weighted by Gasteiger charge is 2.27. The molecule has 210 valence electrons. The van der Waals surface area contributed by atoms with Crippen LogP contribution in [0.4, 0.5) is 8.78 Å². The molecule has 2 aromatic heterocycles. The summed E-state index contributed by atoms with van der Waals surface area (Å²) in [4.78, 5) is 32.5. The molecule has 2 heterocycles. The maximum absolute atomic E-state index is 15.6. The van der Waals surface area contributed by atoms with Crippen LogP contribution in [-0.4, -0.2) is 62.0 Å². The fourth-order valence-corrected chi connectivity index (χ4v) is 3.68. The van der Waals surface area contributed by atoms with Crippen LogP contribution < -0.4 is 20.9 Å². The second-order valence-electron chi connectivity index (χ2n) is 8.23. The zero-order valence-electron chi connectivity index (χ0n) is 21.6. The number of H-pyrrole nitrogens is 1. The Kier molecular flexibility index (Phi) is 10.00. The van der Waals surface area contributed by atoms with E-state index in [2.05, 4.69) is 20.1 Å². The first-order valence-corrected chi connectivity index (χ1v) is 11.8. The van der Waals surface area contributed by atoms with Crippen molar-refractivity contribution in [3.05, 3.63) is 93.7 Å². The van der Waals surface area contributed by atoms with Crippen molar-refractivity contribution in [3.8, 4) is 17.4 Å². The minimum absolute atomic E-state index is 0.0487. The van der Waals surface area contributed by atoms with Crippen LogP contribution in [0.3, 0.4) is 0 Å². The predicted molar refractivity (Wildman–Crippen MR) is 141 cm³/mol. The number of carbonyl (C=O) groups is 1. The molecule has 1 atom stereocenters. The molecule has 0 fully saturated rings. The molecular weight excluding hydrogens is 528 g/mol. The normalized spacial score (nSPS) is 11.2. The maximum atomic E-state index is 15.6. The first-order chi connectivity index (χ1) is 19.1. The summed E-state index contributed by atoms with van der Waals surface area (Å²) in [5.74, 6) is -2.12. The first-order valence-electron chi connectivity index (χ1n) is 11.8. The number of aromatic nitrogens is 5. The van der Waals surface area contributed by atoms with Crippen molar-refractivity contribution in [2.45, 2.75) is 19.3 Å². The van der Waals surface area contributed by atoms with Gasteiger partial charge < -0.3 is 20.3 Å². The number of nitrogens with zero attached hydrogens (tertiary/aromatic N) is 4. The lowest BCUT2D eigenvalue weighted by Crippen LogP contribution is -2.18. The fourth-order valence-electron chi connectivity index (χ4n) is 3.68. The number of ether oxygens (including phenoxy) is 2. The maximum Gasteiger partial charge on any atom is 0.350 e. The summed E-state index contributed by atoms with van der Waals surface area (Å²) in [5.41, 5.74) is 6.34. The van der Waals surface area contributed by atoms with E-state index in [-0.39, 0.29) is 47.7 Å². The molecule has 0 aliphatic heterocycles. The number of nitrogens with one attached hydrogen (secondary N) is 2. The van der Waals surface area contributed by atoms with Gasteiger partial charge in [-0.05, 0) is 24.1 Å². The molecule has 4 rings (SSSR count). The molecule has 12 nitrogen and oxygen atoms in total. The average Bonchev–Trinajstić information content (AvgIpc) is 3.32. The number of rotatable bonds is 10. The van der Waals surface area contributed by atoms with E-state index in [9.17, 15) is 9.18 Å². The number of carboxylic acid groups (broad SMARTS) is 1. The van der Waals surface area contributed by atoms with Crippen LogP contribution in [0.25, 0.3) is 5.95 Å². The molecule has 0 saturated heterocycles. The topological polar surface area (TPSA) is 182 Å². The van der Waals surface area contributed by atoms with Gasteiger partial charge in [-0.15, -0.1) is 9.78 Å². The Bertz CT molecular complexity index is 1500. The molecular formula is C26H27F2N7O5. The van der Waals surface area contributed by atoms with Crippen LogP contribution in [0.1, 0.15) is 35.4 Å². The van der Waals surface area contributed by atoms with Crippen LogP contribution >= 0.6 is 0 Å². The second-order valence-corrected chi connectivity index (χ2v) is 8.23. The molecule has 0 saturated carbocycles. The summed E-state index contributed by atoms with van der Waals surface area (Å²) in [7, 11) is 1.31. The number of amidine groups is 1. The lowest BCUT2D eigenvalue weighted by atomic mass is 9.90. The van der Waals surface area contributed by atoms with Crippen molar-refractivity contribution in [3.63, 3.8) is 0 Å². The van der Waals surface area contributed by atoms with E-state index in [1.807, 2.05) is 0 Å². The lowest BCUT2D eigenvalue weighted by molar-refractivity contribution is -0.134. The standard InChI is InChI=1S/C24H23F2N7O3.C2H4O2/c1-35-19-13-16(36-10-7-25)12-17(20(19)26)18(11-14-3-5-15(6-4-14)21(27)28)22-31-24(34)33(32-22)23-29-8-2-9-30-23;1-2(3)4/h2-6,8-9,12-13,18H,7,10-11H2,1H3,(H3,27,28)(H,31,32,34);1H3,(H,3,4). The van der Waals surface area contributed by atoms with Crippen molar-refractivity contribution in [2.75, 3.05) is 20.4 Å². The molecule has 5 N–H and O–H groups in total. The highest BCUT2D eigenvalue weighted by molar-refractivity contribution is 5.94. The van der Waals surface area contributed by atoms with E-state index >= 15 is 4.39 Å². The summed E-state index contributed by atoms with van der Waals surface area (Å²) in [6.45, 7) is 0.137. The van der Waals surface area contributed by atoms with Crippen molar-refractivity contribution in [1.29, 1.82) is 5.41 Å². The third kappa shape index (κ3) is 7.46. The largest absolute Gasteiger partial charge is 0.494 e. The molecule has 14 heteroatoms. The zero-order chi connectivity index (χ0) is 29.2. The zero-order valence-corrected chi connectivity index (χ0v) is 21.6. The Labute approximate surface area is 226 Å². The monoisotopic (exact) mass is 555 g/mol. The Hall–Kier alpha value is -5.14. The number of nitrogens with two attached hydrogens (primary N) is 1. The molecule has 0 aliphatic carbocycles. The molecule has 0 amide bonds. The third-order valence-corrected chi connectivity index (χ3v) is 5.39. The van der Waals surface area contributed by atoms with Gasteiger partial charge in [0, 0.05) is 36.5 Å². The number of methoxy groups -OCH3 is 1. The van der Waals surface area contributed by atoms with Crippen molar-refractivity contribution >= 4 is 11.8 Å². The Balaban J connectivity index is 0.00000103. The smallest absolute Gasteiger partial charge is 0.350 e. The van der Waals surface area contributed by atoms with Gasteiger partial charge in [0.25, 0.3) is 11.9 Å². The van der Waals surface area contributed by atoms with Gasteiger partial charge in [-0.25, -0.2) is 23.5 Å². The summed E-state index contributed by atoms with van der Waals surface area (Å²) in [5, 5.41) is 19.4. The molecule has 0 radical (unpaired) electrons. The number of benzene rings is 2. The molecule has 0 bridgehead atoms. The van der Waals surface area contributed by atoms with E-state index in [1.165, 1.54) is 31.6 Å². The average molecular weight is 556 g/mol. The van der Waals surface area contributed by atoms with Crippen LogP contribution in [0.5, 0.6) is 11.5 Å². The highest BCUT2D eigenvalue weighted by Crippen LogP contribution is 2.36. The minimum Gasteiger partial charge on any atom is -0.494 e. The number of aliphatic carboxylic acids is 1. The summed E-state index contributed by atoms with van der Waals surface area (Å²) in [6.07, 6.45) is 3.13. The number of alkyl halides is 1. The number of halogens is 2. The van der Waals surface area contributed by atoms with Gasteiger partial charge in [-0.1, -0.05) is 24.3 Å². The van der Waals surface area contributed by atoms with Gasteiger partial charge >= 0.3 is 5.69 Å².